The van der Waals surface area contributed by atoms with E-state index in [0.717, 1.165) is 31.7 Å². The molecule has 1 N–H and O–H groups in total. The second-order valence-corrected chi connectivity index (χ2v) is 8.37. The summed E-state index contributed by atoms with van der Waals surface area (Å²) in [5, 5.41) is 2.51. The molecule has 0 aromatic heterocycles. The molecule has 1 aliphatic carbocycles. The number of halogens is 2. The molecule has 1 saturated carbocycles. The molecule has 2 aliphatic rings. The SMILES string of the molecule is CN(C(=O)c1ccc(NC2=C(Cl)C(=O)N(c3ccccc3F)C2=O)cc1)C1CCCCC1. The Labute approximate surface area is 190 Å². The van der Waals surface area contributed by atoms with Crippen LogP contribution < -0.4 is 10.2 Å². The van der Waals surface area contributed by atoms with Gasteiger partial charge in [-0.1, -0.05) is 43.0 Å². The smallest absolute Gasteiger partial charge is 0.283 e. The van der Waals surface area contributed by atoms with Gasteiger partial charge in [0.25, 0.3) is 17.7 Å². The van der Waals surface area contributed by atoms with Gasteiger partial charge < -0.3 is 10.2 Å². The van der Waals surface area contributed by atoms with Gasteiger partial charge >= 0.3 is 0 Å². The number of nitrogens with one attached hydrogen (secondary N) is 1. The summed E-state index contributed by atoms with van der Waals surface area (Å²) >= 11 is 6.10. The molecule has 2 aromatic carbocycles. The summed E-state index contributed by atoms with van der Waals surface area (Å²) in [4.78, 5) is 40.6. The van der Waals surface area contributed by atoms with Gasteiger partial charge in [0, 0.05) is 24.3 Å². The van der Waals surface area contributed by atoms with Gasteiger partial charge in [-0.2, -0.15) is 0 Å². The third kappa shape index (κ3) is 4.12. The van der Waals surface area contributed by atoms with E-state index in [1.807, 2.05) is 7.05 Å². The number of nitrogens with zero attached hydrogens (tertiary/aromatic N) is 2. The molecule has 1 heterocycles. The van der Waals surface area contributed by atoms with Crippen LogP contribution in [0.2, 0.25) is 0 Å². The molecule has 8 heteroatoms. The highest BCUT2D eigenvalue weighted by atomic mass is 35.5. The topological polar surface area (TPSA) is 69.7 Å². The van der Waals surface area contributed by atoms with Crippen molar-refractivity contribution < 1.29 is 18.8 Å². The van der Waals surface area contributed by atoms with Crippen molar-refractivity contribution in [3.8, 4) is 0 Å². The van der Waals surface area contributed by atoms with Gasteiger partial charge in [-0.15, -0.1) is 0 Å². The average Bonchev–Trinajstić information content (AvgIpc) is 3.02. The van der Waals surface area contributed by atoms with E-state index in [1.54, 1.807) is 29.2 Å². The van der Waals surface area contributed by atoms with Crippen LogP contribution in [0, 0.1) is 5.82 Å². The van der Waals surface area contributed by atoms with E-state index in [1.165, 1.54) is 24.6 Å². The van der Waals surface area contributed by atoms with Crippen LogP contribution in [0.3, 0.4) is 0 Å². The zero-order chi connectivity index (χ0) is 22.8. The lowest BCUT2D eigenvalue weighted by molar-refractivity contribution is -0.120. The Morgan fingerprint density at radius 2 is 1.69 bits per heavy atom. The molecule has 0 spiro atoms. The Kier molecular flexibility index (Phi) is 6.28. The monoisotopic (exact) mass is 455 g/mol. The number of carbonyl (C=O) groups excluding carboxylic acids is 3. The number of carbonyl (C=O) groups is 3. The standard InChI is InChI=1S/C24H23ClFN3O3/c1-28(17-7-3-2-4-8-17)22(30)15-11-13-16(14-12-15)27-21-20(25)23(31)29(24(21)32)19-10-6-5-9-18(19)26/h5-6,9-14,17,27H,2-4,7-8H2,1H3. The van der Waals surface area contributed by atoms with Crippen molar-refractivity contribution in [3.63, 3.8) is 0 Å². The minimum Gasteiger partial charge on any atom is -0.350 e. The Hall–Kier alpha value is -3.19. The fourth-order valence-electron chi connectivity index (χ4n) is 4.14. The Bertz CT molecular complexity index is 1090. The summed E-state index contributed by atoms with van der Waals surface area (Å²) in [5.74, 6) is -2.31. The van der Waals surface area contributed by atoms with Crippen LogP contribution in [0.5, 0.6) is 0 Å². The van der Waals surface area contributed by atoms with Gasteiger partial charge in [0.1, 0.15) is 16.5 Å². The molecule has 1 aliphatic heterocycles. The number of anilines is 2. The summed E-state index contributed by atoms with van der Waals surface area (Å²) in [6.45, 7) is 0. The molecule has 0 atom stereocenters. The van der Waals surface area contributed by atoms with E-state index in [9.17, 15) is 18.8 Å². The van der Waals surface area contributed by atoms with Gasteiger partial charge in [-0.25, -0.2) is 9.29 Å². The first-order valence-electron chi connectivity index (χ1n) is 10.6. The largest absolute Gasteiger partial charge is 0.350 e. The predicted molar refractivity (Wildman–Crippen MR) is 121 cm³/mol. The molecule has 0 saturated heterocycles. The minimum atomic E-state index is -0.801. The molecule has 3 amide bonds. The van der Waals surface area contributed by atoms with Crippen LogP contribution in [0.1, 0.15) is 42.5 Å². The summed E-state index contributed by atoms with van der Waals surface area (Å²) in [5.41, 5.74) is 0.708. The molecule has 32 heavy (non-hydrogen) atoms. The molecule has 4 rings (SSSR count). The van der Waals surface area contributed by atoms with Crippen LogP contribution >= 0.6 is 11.6 Å². The molecule has 166 valence electrons. The van der Waals surface area contributed by atoms with Gasteiger partial charge in [-0.05, 0) is 49.2 Å². The molecule has 6 nitrogen and oxygen atoms in total. The first-order chi connectivity index (χ1) is 15.4. The lowest BCUT2D eigenvalue weighted by Crippen LogP contribution is -2.38. The lowest BCUT2D eigenvalue weighted by atomic mass is 9.94. The lowest BCUT2D eigenvalue weighted by Gasteiger charge is -2.31. The molecular weight excluding hydrogens is 433 g/mol. The third-order valence-corrected chi connectivity index (χ3v) is 6.32. The normalized spacial score (nSPS) is 17.2. The summed E-state index contributed by atoms with van der Waals surface area (Å²) in [6, 6.07) is 12.3. The number of amides is 3. The summed E-state index contributed by atoms with van der Waals surface area (Å²) in [7, 11) is 1.83. The maximum atomic E-state index is 14.1. The molecule has 2 aromatic rings. The number of imide groups is 1. The highest BCUT2D eigenvalue weighted by Gasteiger charge is 2.40. The zero-order valence-electron chi connectivity index (χ0n) is 17.6. The van der Waals surface area contributed by atoms with E-state index in [2.05, 4.69) is 5.32 Å². The fourth-order valence-corrected chi connectivity index (χ4v) is 4.35. The molecular formula is C24H23ClFN3O3. The second-order valence-electron chi connectivity index (χ2n) is 8.00. The molecule has 0 bridgehead atoms. The predicted octanol–water partition coefficient (Wildman–Crippen LogP) is 4.67. The first-order valence-corrected chi connectivity index (χ1v) is 10.9. The van der Waals surface area contributed by atoms with Crippen LogP contribution in [0.25, 0.3) is 0 Å². The number of hydrogen-bond donors (Lipinski definition) is 1. The number of para-hydroxylation sites is 1. The average molecular weight is 456 g/mol. The van der Waals surface area contributed by atoms with Crippen molar-refractivity contribution >= 4 is 40.7 Å². The van der Waals surface area contributed by atoms with E-state index < -0.39 is 17.6 Å². The molecule has 0 radical (unpaired) electrons. The maximum absolute atomic E-state index is 14.1. The van der Waals surface area contributed by atoms with E-state index in [4.69, 9.17) is 11.6 Å². The van der Waals surface area contributed by atoms with Crippen LogP contribution in [0.15, 0.2) is 59.3 Å². The third-order valence-electron chi connectivity index (χ3n) is 5.96. The fraction of sp³-hybridized carbons (Fsp3) is 0.292. The van der Waals surface area contributed by atoms with E-state index in [0.29, 0.717) is 16.2 Å². The summed E-state index contributed by atoms with van der Waals surface area (Å²) < 4.78 is 14.1. The van der Waals surface area contributed by atoms with Gasteiger partial charge in [0.2, 0.25) is 0 Å². The molecule has 0 unspecified atom stereocenters. The van der Waals surface area contributed by atoms with Crippen molar-refractivity contribution in [2.24, 2.45) is 0 Å². The van der Waals surface area contributed by atoms with E-state index in [-0.39, 0.29) is 28.4 Å². The highest BCUT2D eigenvalue weighted by molar-refractivity contribution is 6.53. The number of hydrogen-bond acceptors (Lipinski definition) is 4. The van der Waals surface area contributed by atoms with Crippen molar-refractivity contribution in [1.29, 1.82) is 0 Å². The van der Waals surface area contributed by atoms with Crippen molar-refractivity contribution in [2.75, 3.05) is 17.3 Å². The first kappa shape index (κ1) is 22.0. The maximum Gasteiger partial charge on any atom is 0.283 e. The van der Waals surface area contributed by atoms with Gasteiger partial charge in [-0.3, -0.25) is 14.4 Å². The highest BCUT2D eigenvalue weighted by Crippen LogP contribution is 2.31. The zero-order valence-corrected chi connectivity index (χ0v) is 18.4. The van der Waals surface area contributed by atoms with Gasteiger partial charge in [0.05, 0.1) is 5.69 Å². The number of benzene rings is 2. The van der Waals surface area contributed by atoms with Crippen molar-refractivity contribution in [1.82, 2.24) is 4.90 Å². The quantitative estimate of drug-likeness (QED) is 0.665. The minimum absolute atomic E-state index is 0.0569. The summed E-state index contributed by atoms with van der Waals surface area (Å²) in [6.07, 6.45) is 5.52. The van der Waals surface area contributed by atoms with E-state index >= 15 is 0 Å². The van der Waals surface area contributed by atoms with Crippen molar-refractivity contribution in [2.45, 2.75) is 38.1 Å². The van der Waals surface area contributed by atoms with Gasteiger partial charge in [0.15, 0.2) is 0 Å². The number of rotatable bonds is 5. The Morgan fingerprint density at radius 1 is 1.03 bits per heavy atom. The Balaban J connectivity index is 1.48. The second kappa shape index (κ2) is 9.12. The van der Waals surface area contributed by atoms with Crippen LogP contribution in [-0.4, -0.2) is 35.7 Å². The Morgan fingerprint density at radius 3 is 2.34 bits per heavy atom. The van der Waals surface area contributed by atoms with Crippen LogP contribution in [0.4, 0.5) is 15.8 Å². The van der Waals surface area contributed by atoms with Crippen molar-refractivity contribution in [3.05, 3.63) is 70.6 Å². The van der Waals surface area contributed by atoms with Crippen LogP contribution in [-0.2, 0) is 9.59 Å². The molecule has 1 fully saturated rings.